The lowest BCUT2D eigenvalue weighted by Gasteiger charge is -2.08. The van der Waals surface area contributed by atoms with Gasteiger partial charge in [-0.25, -0.2) is 4.98 Å². The maximum absolute atomic E-state index is 12.8. The standard InChI is InChI=1S/C19H17N5O/c1-13-6-5-9-16(10-13)24-18-17(21-22-24)19(25)23(12-20-18)11-15-8-4-3-7-14(15)2/h3-10,12H,11H2,1-2H3. The van der Waals surface area contributed by atoms with Crippen LogP contribution in [0.3, 0.4) is 0 Å². The van der Waals surface area contributed by atoms with E-state index in [1.165, 1.54) is 0 Å². The summed E-state index contributed by atoms with van der Waals surface area (Å²) in [4.78, 5) is 17.2. The van der Waals surface area contributed by atoms with Crippen molar-refractivity contribution in [2.45, 2.75) is 20.4 Å². The van der Waals surface area contributed by atoms with Crippen LogP contribution in [-0.2, 0) is 6.54 Å². The molecule has 0 aliphatic rings. The second kappa shape index (κ2) is 5.98. The fourth-order valence-electron chi connectivity index (χ4n) is 2.86. The predicted octanol–water partition coefficient (Wildman–Crippen LogP) is 2.64. The van der Waals surface area contributed by atoms with Crippen molar-refractivity contribution in [2.24, 2.45) is 0 Å². The van der Waals surface area contributed by atoms with Gasteiger partial charge in [-0.15, -0.1) is 5.10 Å². The van der Waals surface area contributed by atoms with Gasteiger partial charge < -0.3 is 0 Å². The van der Waals surface area contributed by atoms with E-state index < -0.39 is 0 Å². The highest BCUT2D eigenvalue weighted by Gasteiger charge is 2.13. The lowest BCUT2D eigenvalue weighted by molar-refractivity contribution is 0.741. The molecule has 0 bridgehead atoms. The second-order valence-electron chi connectivity index (χ2n) is 6.12. The van der Waals surface area contributed by atoms with Gasteiger partial charge in [-0.3, -0.25) is 9.36 Å². The third-order valence-corrected chi connectivity index (χ3v) is 4.28. The average molecular weight is 331 g/mol. The van der Waals surface area contributed by atoms with Crippen LogP contribution in [0.1, 0.15) is 16.7 Å². The van der Waals surface area contributed by atoms with E-state index in [0.29, 0.717) is 12.2 Å². The van der Waals surface area contributed by atoms with Gasteiger partial charge in [0, 0.05) is 0 Å². The molecule has 0 amide bonds. The van der Waals surface area contributed by atoms with Crippen molar-refractivity contribution in [3.05, 3.63) is 81.9 Å². The summed E-state index contributed by atoms with van der Waals surface area (Å²) in [6.45, 7) is 4.50. The van der Waals surface area contributed by atoms with Crippen LogP contribution in [0.25, 0.3) is 16.9 Å². The van der Waals surface area contributed by atoms with Gasteiger partial charge in [0.15, 0.2) is 11.2 Å². The lowest BCUT2D eigenvalue weighted by Crippen LogP contribution is -2.22. The minimum absolute atomic E-state index is 0.188. The zero-order valence-corrected chi connectivity index (χ0v) is 14.0. The molecule has 25 heavy (non-hydrogen) atoms. The quantitative estimate of drug-likeness (QED) is 0.579. The molecule has 0 N–H and O–H groups in total. The van der Waals surface area contributed by atoms with Crippen LogP contribution in [0.15, 0.2) is 59.7 Å². The van der Waals surface area contributed by atoms with Gasteiger partial charge in [0.25, 0.3) is 5.56 Å². The number of aryl methyl sites for hydroxylation is 2. The first kappa shape index (κ1) is 15.3. The maximum Gasteiger partial charge on any atom is 0.283 e. The van der Waals surface area contributed by atoms with Crippen molar-refractivity contribution in [1.29, 1.82) is 0 Å². The Hall–Kier alpha value is -3.28. The molecule has 0 spiro atoms. The summed E-state index contributed by atoms with van der Waals surface area (Å²) >= 11 is 0. The van der Waals surface area contributed by atoms with E-state index in [1.807, 2.05) is 62.4 Å². The topological polar surface area (TPSA) is 65.6 Å². The van der Waals surface area contributed by atoms with E-state index in [2.05, 4.69) is 15.3 Å². The fourth-order valence-corrected chi connectivity index (χ4v) is 2.86. The number of hydrogen-bond donors (Lipinski definition) is 0. The minimum atomic E-state index is -0.188. The number of hydrogen-bond acceptors (Lipinski definition) is 4. The van der Waals surface area contributed by atoms with Crippen LogP contribution in [0, 0.1) is 13.8 Å². The van der Waals surface area contributed by atoms with Crippen LogP contribution >= 0.6 is 0 Å². The van der Waals surface area contributed by atoms with Gasteiger partial charge in [0.05, 0.1) is 12.2 Å². The minimum Gasteiger partial charge on any atom is -0.293 e. The molecule has 4 rings (SSSR count). The molecule has 6 nitrogen and oxygen atoms in total. The molecule has 2 aromatic carbocycles. The zero-order valence-electron chi connectivity index (χ0n) is 14.0. The molecule has 6 heteroatoms. The van der Waals surface area contributed by atoms with Gasteiger partial charge in [-0.2, -0.15) is 4.68 Å². The average Bonchev–Trinajstić information content (AvgIpc) is 3.04. The molecule has 0 atom stereocenters. The summed E-state index contributed by atoms with van der Waals surface area (Å²) in [5, 5.41) is 8.19. The Morgan fingerprint density at radius 2 is 1.88 bits per heavy atom. The van der Waals surface area contributed by atoms with Gasteiger partial charge in [0.1, 0.15) is 6.33 Å². The summed E-state index contributed by atoms with van der Waals surface area (Å²) in [7, 11) is 0. The zero-order chi connectivity index (χ0) is 17.4. The van der Waals surface area contributed by atoms with Crippen LogP contribution in [0.5, 0.6) is 0 Å². The summed E-state index contributed by atoms with van der Waals surface area (Å²) < 4.78 is 3.17. The van der Waals surface area contributed by atoms with Gasteiger partial charge >= 0.3 is 0 Å². The van der Waals surface area contributed by atoms with E-state index in [-0.39, 0.29) is 11.1 Å². The fraction of sp³-hybridized carbons (Fsp3) is 0.158. The van der Waals surface area contributed by atoms with Gasteiger partial charge in [0.2, 0.25) is 0 Å². The molecule has 0 saturated carbocycles. The second-order valence-corrected chi connectivity index (χ2v) is 6.12. The molecule has 0 saturated heterocycles. The SMILES string of the molecule is Cc1cccc(-n2nnc3c(=O)n(Cc4ccccc4C)cnc32)c1. The first-order valence-corrected chi connectivity index (χ1v) is 8.06. The van der Waals surface area contributed by atoms with Crippen LogP contribution in [0.4, 0.5) is 0 Å². The third kappa shape index (κ3) is 2.71. The molecule has 0 fully saturated rings. The predicted molar refractivity (Wildman–Crippen MR) is 95.9 cm³/mol. The molecule has 0 aliphatic heterocycles. The van der Waals surface area contributed by atoms with Gasteiger partial charge in [-0.1, -0.05) is 41.6 Å². The van der Waals surface area contributed by atoms with E-state index >= 15 is 0 Å². The Labute approximate surface area is 144 Å². The van der Waals surface area contributed by atoms with Crippen LogP contribution < -0.4 is 5.56 Å². The Bertz CT molecular complexity index is 1130. The number of nitrogens with zero attached hydrogens (tertiary/aromatic N) is 5. The molecule has 2 aromatic heterocycles. The van der Waals surface area contributed by atoms with Gasteiger partial charge in [-0.05, 0) is 42.7 Å². The molecular weight excluding hydrogens is 314 g/mol. The van der Waals surface area contributed by atoms with E-state index in [1.54, 1.807) is 15.6 Å². The van der Waals surface area contributed by atoms with Crippen molar-refractivity contribution >= 4 is 11.2 Å². The maximum atomic E-state index is 12.8. The van der Waals surface area contributed by atoms with Crippen molar-refractivity contribution in [2.75, 3.05) is 0 Å². The van der Waals surface area contributed by atoms with E-state index in [0.717, 1.165) is 22.4 Å². The highest BCUT2D eigenvalue weighted by Crippen LogP contribution is 2.14. The molecule has 0 unspecified atom stereocenters. The third-order valence-electron chi connectivity index (χ3n) is 4.28. The first-order valence-electron chi connectivity index (χ1n) is 8.06. The Kier molecular flexibility index (Phi) is 3.65. The molecule has 4 aromatic rings. The molecule has 0 aliphatic carbocycles. The summed E-state index contributed by atoms with van der Waals surface area (Å²) in [5.74, 6) is 0. The van der Waals surface area contributed by atoms with Crippen LogP contribution in [-0.4, -0.2) is 24.5 Å². The highest BCUT2D eigenvalue weighted by atomic mass is 16.1. The van der Waals surface area contributed by atoms with Crippen molar-refractivity contribution in [3.8, 4) is 5.69 Å². The summed E-state index contributed by atoms with van der Waals surface area (Å²) in [5.41, 5.74) is 4.72. The summed E-state index contributed by atoms with van der Waals surface area (Å²) in [6.07, 6.45) is 1.56. The first-order chi connectivity index (χ1) is 12.1. The van der Waals surface area contributed by atoms with E-state index in [9.17, 15) is 4.79 Å². The van der Waals surface area contributed by atoms with Crippen LogP contribution in [0.2, 0.25) is 0 Å². The molecule has 0 radical (unpaired) electrons. The largest absolute Gasteiger partial charge is 0.293 e. The van der Waals surface area contributed by atoms with Crippen molar-refractivity contribution in [3.63, 3.8) is 0 Å². The molecule has 2 heterocycles. The number of aromatic nitrogens is 5. The lowest BCUT2D eigenvalue weighted by atomic mass is 10.1. The molecular formula is C19H17N5O. The molecule has 124 valence electrons. The Morgan fingerprint density at radius 3 is 2.68 bits per heavy atom. The normalized spacial score (nSPS) is 11.1. The number of rotatable bonds is 3. The smallest absolute Gasteiger partial charge is 0.283 e. The Balaban J connectivity index is 1.80. The number of benzene rings is 2. The Morgan fingerprint density at radius 1 is 1.04 bits per heavy atom. The van der Waals surface area contributed by atoms with Crippen molar-refractivity contribution in [1.82, 2.24) is 24.5 Å². The van der Waals surface area contributed by atoms with Crippen molar-refractivity contribution < 1.29 is 0 Å². The summed E-state index contributed by atoms with van der Waals surface area (Å²) in [6, 6.07) is 15.8. The number of fused-ring (bicyclic) bond motifs is 1. The highest BCUT2D eigenvalue weighted by molar-refractivity contribution is 5.70. The van der Waals surface area contributed by atoms with E-state index in [4.69, 9.17) is 0 Å². The monoisotopic (exact) mass is 331 g/mol.